The number of nitrogens with one attached hydrogen (secondary N) is 2. The molecule has 1 aliphatic heterocycles. The molecule has 2 N–H and O–H groups in total. The van der Waals surface area contributed by atoms with Gasteiger partial charge in [-0.25, -0.2) is 4.98 Å². The van der Waals surface area contributed by atoms with E-state index in [1.165, 1.54) is 0 Å². The molecule has 0 fully saturated rings. The Labute approximate surface area is 138 Å². The summed E-state index contributed by atoms with van der Waals surface area (Å²) in [5.74, 6) is 2.19. The van der Waals surface area contributed by atoms with Crippen molar-refractivity contribution < 1.29 is 9.47 Å². The fourth-order valence-corrected chi connectivity index (χ4v) is 2.28. The predicted molar refractivity (Wildman–Crippen MR) is 89.7 cm³/mol. The Morgan fingerprint density at radius 3 is 2.77 bits per heavy atom. The number of thiocarbonyl (C=S) groups is 1. The van der Waals surface area contributed by atoms with Crippen molar-refractivity contribution in [1.29, 1.82) is 0 Å². The molecule has 2 aromatic rings. The quantitative estimate of drug-likeness (QED) is 0.841. The Balaban J connectivity index is 1.55. The summed E-state index contributed by atoms with van der Waals surface area (Å²) in [6, 6.07) is 9.34. The van der Waals surface area contributed by atoms with Gasteiger partial charge in [0.1, 0.15) is 19.0 Å². The van der Waals surface area contributed by atoms with Gasteiger partial charge in [-0.1, -0.05) is 17.7 Å². The Hall–Kier alpha value is -2.05. The Morgan fingerprint density at radius 2 is 2.00 bits per heavy atom. The molecule has 0 amide bonds. The minimum Gasteiger partial charge on any atom is -0.486 e. The number of benzene rings is 1. The van der Waals surface area contributed by atoms with Crippen LogP contribution in [0.1, 0.15) is 5.56 Å². The largest absolute Gasteiger partial charge is 0.486 e. The van der Waals surface area contributed by atoms with Gasteiger partial charge < -0.3 is 20.1 Å². The maximum Gasteiger partial charge on any atom is 0.172 e. The first-order chi connectivity index (χ1) is 10.7. The van der Waals surface area contributed by atoms with Gasteiger partial charge in [0.2, 0.25) is 0 Å². The molecule has 0 saturated heterocycles. The molecule has 0 bridgehead atoms. The molecule has 0 spiro atoms. The van der Waals surface area contributed by atoms with E-state index in [0.29, 0.717) is 35.7 Å². The fourth-order valence-electron chi connectivity index (χ4n) is 1.99. The van der Waals surface area contributed by atoms with Crippen LogP contribution in [0.4, 0.5) is 5.82 Å². The van der Waals surface area contributed by atoms with E-state index in [1.807, 2.05) is 18.2 Å². The van der Waals surface area contributed by atoms with Crippen molar-refractivity contribution in [1.82, 2.24) is 10.3 Å². The fraction of sp³-hybridized carbons (Fsp3) is 0.200. The van der Waals surface area contributed by atoms with E-state index in [1.54, 1.807) is 18.3 Å². The SMILES string of the molecule is S=C(NCc1ccc2c(c1)OCCO2)Nc1ccc(Cl)cn1. The zero-order valence-electron chi connectivity index (χ0n) is 11.6. The summed E-state index contributed by atoms with van der Waals surface area (Å²) >= 11 is 11.0. The number of nitrogens with zero attached hydrogens (tertiary/aromatic N) is 1. The predicted octanol–water partition coefficient (Wildman–Crippen LogP) is 2.99. The molecule has 3 rings (SSSR count). The van der Waals surface area contributed by atoms with E-state index in [4.69, 9.17) is 33.3 Å². The van der Waals surface area contributed by atoms with Gasteiger partial charge in [0.25, 0.3) is 0 Å². The van der Waals surface area contributed by atoms with Gasteiger partial charge in [0.15, 0.2) is 16.6 Å². The van der Waals surface area contributed by atoms with Gasteiger partial charge in [-0.15, -0.1) is 0 Å². The number of aromatic nitrogens is 1. The minimum atomic E-state index is 0.490. The van der Waals surface area contributed by atoms with Gasteiger partial charge in [-0.3, -0.25) is 0 Å². The lowest BCUT2D eigenvalue weighted by Gasteiger charge is -2.19. The second-order valence-electron chi connectivity index (χ2n) is 4.65. The number of hydrogen-bond acceptors (Lipinski definition) is 4. The first kappa shape index (κ1) is 14.9. The monoisotopic (exact) mass is 335 g/mol. The molecule has 1 aromatic heterocycles. The number of rotatable bonds is 3. The molecule has 5 nitrogen and oxygen atoms in total. The second kappa shape index (κ2) is 6.81. The van der Waals surface area contributed by atoms with Crippen molar-refractivity contribution in [3.8, 4) is 11.5 Å². The molecular weight excluding hydrogens is 322 g/mol. The van der Waals surface area contributed by atoms with Gasteiger partial charge in [-0.05, 0) is 42.0 Å². The summed E-state index contributed by atoms with van der Waals surface area (Å²) in [7, 11) is 0. The summed E-state index contributed by atoms with van der Waals surface area (Å²) in [5.41, 5.74) is 1.05. The number of ether oxygens (including phenoxy) is 2. The van der Waals surface area contributed by atoms with Crippen LogP contribution in [0.15, 0.2) is 36.5 Å². The van der Waals surface area contributed by atoms with Crippen LogP contribution in [0.25, 0.3) is 0 Å². The maximum absolute atomic E-state index is 5.79. The Bertz CT molecular complexity index is 679. The highest BCUT2D eigenvalue weighted by Crippen LogP contribution is 2.30. The molecule has 2 heterocycles. The zero-order valence-corrected chi connectivity index (χ0v) is 13.2. The van der Waals surface area contributed by atoms with Gasteiger partial charge in [-0.2, -0.15) is 0 Å². The Morgan fingerprint density at radius 1 is 1.18 bits per heavy atom. The van der Waals surface area contributed by atoms with E-state index in [0.717, 1.165) is 17.1 Å². The van der Waals surface area contributed by atoms with Crippen molar-refractivity contribution >= 4 is 34.7 Å². The molecular formula is C15H14ClN3O2S. The van der Waals surface area contributed by atoms with Crippen LogP contribution in [0.3, 0.4) is 0 Å². The van der Waals surface area contributed by atoms with Crippen LogP contribution < -0.4 is 20.1 Å². The number of pyridine rings is 1. The summed E-state index contributed by atoms with van der Waals surface area (Å²) in [4.78, 5) is 4.12. The van der Waals surface area contributed by atoms with E-state index < -0.39 is 0 Å². The summed E-state index contributed by atoms with van der Waals surface area (Å²) in [5, 5.41) is 7.19. The van der Waals surface area contributed by atoms with Crippen LogP contribution in [0, 0.1) is 0 Å². The Kier molecular flexibility index (Phi) is 4.60. The summed E-state index contributed by atoms with van der Waals surface area (Å²) < 4.78 is 11.0. The molecule has 0 radical (unpaired) electrons. The van der Waals surface area contributed by atoms with Gasteiger partial charge in [0.05, 0.1) is 5.02 Å². The maximum atomic E-state index is 5.79. The molecule has 1 aromatic carbocycles. The van der Waals surface area contributed by atoms with E-state index in [9.17, 15) is 0 Å². The third-order valence-electron chi connectivity index (χ3n) is 3.03. The van der Waals surface area contributed by atoms with Crippen molar-refractivity contribution in [3.05, 3.63) is 47.1 Å². The summed E-state index contributed by atoms with van der Waals surface area (Å²) in [6.45, 7) is 1.74. The van der Waals surface area contributed by atoms with Crippen molar-refractivity contribution in [2.75, 3.05) is 18.5 Å². The molecule has 7 heteroatoms. The first-order valence-corrected chi connectivity index (χ1v) is 7.54. The van der Waals surface area contributed by atoms with Crippen LogP contribution in [-0.4, -0.2) is 23.3 Å². The molecule has 0 atom stereocenters. The van der Waals surface area contributed by atoms with Crippen LogP contribution in [-0.2, 0) is 6.54 Å². The number of hydrogen-bond donors (Lipinski definition) is 2. The van der Waals surface area contributed by atoms with Crippen LogP contribution in [0.2, 0.25) is 5.02 Å². The van der Waals surface area contributed by atoms with E-state index in [-0.39, 0.29) is 0 Å². The lowest BCUT2D eigenvalue weighted by molar-refractivity contribution is 0.171. The zero-order chi connectivity index (χ0) is 15.4. The summed E-state index contributed by atoms with van der Waals surface area (Å²) in [6.07, 6.45) is 1.56. The highest BCUT2D eigenvalue weighted by atomic mass is 35.5. The van der Waals surface area contributed by atoms with Crippen molar-refractivity contribution in [2.24, 2.45) is 0 Å². The van der Waals surface area contributed by atoms with Crippen molar-refractivity contribution in [2.45, 2.75) is 6.54 Å². The highest BCUT2D eigenvalue weighted by molar-refractivity contribution is 7.80. The molecule has 22 heavy (non-hydrogen) atoms. The number of fused-ring (bicyclic) bond motifs is 1. The standard InChI is InChI=1S/C15H14ClN3O2S/c16-11-2-4-14(17-9-11)19-15(22)18-8-10-1-3-12-13(7-10)21-6-5-20-12/h1-4,7,9H,5-6,8H2,(H2,17,18,19,22). The minimum absolute atomic E-state index is 0.490. The molecule has 1 aliphatic rings. The van der Waals surface area contributed by atoms with Gasteiger partial charge in [0, 0.05) is 12.7 Å². The van der Waals surface area contributed by atoms with E-state index >= 15 is 0 Å². The molecule has 114 valence electrons. The van der Waals surface area contributed by atoms with Crippen LogP contribution in [0.5, 0.6) is 11.5 Å². The highest BCUT2D eigenvalue weighted by Gasteiger charge is 2.11. The lowest BCUT2D eigenvalue weighted by Crippen LogP contribution is -2.28. The normalized spacial score (nSPS) is 12.6. The topological polar surface area (TPSA) is 55.4 Å². The molecule has 0 aliphatic carbocycles. The third-order valence-corrected chi connectivity index (χ3v) is 3.50. The first-order valence-electron chi connectivity index (χ1n) is 6.76. The molecule has 0 saturated carbocycles. The third kappa shape index (κ3) is 3.78. The smallest absolute Gasteiger partial charge is 0.172 e. The van der Waals surface area contributed by atoms with Gasteiger partial charge >= 0.3 is 0 Å². The van der Waals surface area contributed by atoms with E-state index in [2.05, 4.69) is 15.6 Å². The average Bonchev–Trinajstić information content (AvgIpc) is 2.55. The lowest BCUT2D eigenvalue weighted by atomic mass is 10.2. The molecule has 0 unspecified atom stereocenters. The average molecular weight is 336 g/mol. The van der Waals surface area contributed by atoms with Crippen LogP contribution >= 0.6 is 23.8 Å². The second-order valence-corrected chi connectivity index (χ2v) is 5.49. The van der Waals surface area contributed by atoms with Crippen molar-refractivity contribution in [3.63, 3.8) is 0 Å². The number of anilines is 1. The number of halogens is 1.